The van der Waals surface area contributed by atoms with E-state index in [1.165, 1.54) is 107 Å². The topological polar surface area (TPSA) is 0 Å². The van der Waals surface area contributed by atoms with E-state index in [1.807, 2.05) is 11.3 Å². The van der Waals surface area contributed by atoms with Gasteiger partial charge in [-0.3, -0.25) is 0 Å². The van der Waals surface area contributed by atoms with Gasteiger partial charge in [0, 0.05) is 20.2 Å². The minimum atomic E-state index is 1.23. The monoisotopic (exact) mass is 662 g/mol. The maximum atomic E-state index is 2.43. The molecule has 11 rings (SSSR count). The molecular formula is C50H30S. The van der Waals surface area contributed by atoms with E-state index in [2.05, 4.69) is 182 Å². The average Bonchev–Trinajstić information content (AvgIpc) is 3.59. The van der Waals surface area contributed by atoms with Crippen molar-refractivity contribution in [3.05, 3.63) is 182 Å². The summed E-state index contributed by atoms with van der Waals surface area (Å²) in [5, 5.41) is 15.6. The Labute approximate surface area is 299 Å². The van der Waals surface area contributed by atoms with Crippen LogP contribution in [0.5, 0.6) is 0 Å². The highest BCUT2D eigenvalue weighted by atomic mass is 32.1. The number of thiophene rings is 1. The summed E-state index contributed by atoms with van der Waals surface area (Å²) in [5.41, 5.74) is 7.61. The molecule has 0 radical (unpaired) electrons. The van der Waals surface area contributed by atoms with Crippen molar-refractivity contribution in [1.82, 2.24) is 0 Å². The molecule has 0 amide bonds. The summed E-state index contributed by atoms with van der Waals surface area (Å²) in [6.07, 6.45) is 0. The molecule has 0 unspecified atom stereocenters. The van der Waals surface area contributed by atoms with Crippen molar-refractivity contribution < 1.29 is 0 Å². The second-order valence-corrected chi connectivity index (χ2v) is 14.6. The molecule has 10 aromatic carbocycles. The molecule has 0 saturated heterocycles. The lowest BCUT2D eigenvalue weighted by Gasteiger charge is -2.19. The van der Waals surface area contributed by atoms with Crippen LogP contribution in [0.1, 0.15) is 0 Å². The van der Waals surface area contributed by atoms with Gasteiger partial charge in [0.05, 0.1) is 0 Å². The van der Waals surface area contributed by atoms with Crippen molar-refractivity contribution in [2.24, 2.45) is 0 Å². The smallest absolute Gasteiger partial charge is 0.0434 e. The van der Waals surface area contributed by atoms with Crippen LogP contribution in [0.2, 0.25) is 0 Å². The Kier molecular flexibility index (Phi) is 6.22. The molecule has 1 heteroatoms. The maximum Gasteiger partial charge on any atom is 0.0434 e. The molecule has 236 valence electrons. The van der Waals surface area contributed by atoms with Gasteiger partial charge < -0.3 is 0 Å². The zero-order valence-corrected chi connectivity index (χ0v) is 28.5. The third-order valence-corrected chi connectivity index (χ3v) is 12.0. The van der Waals surface area contributed by atoms with Gasteiger partial charge in [-0.25, -0.2) is 0 Å². The molecule has 0 spiro atoms. The zero-order chi connectivity index (χ0) is 33.5. The van der Waals surface area contributed by atoms with Gasteiger partial charge in [0.2, 0.25) is 0 Å². The van der Waals surface area contributed by atoms with Crippen molar-refractivity contribution in [1.29, 1.82) is 0 Å². The van der Waals surface area contributed by atoms with Gasteiger partial charge >= 0.3 is 0 Å². The van der Waals surface area contributed by atoms with Crippen LogP contribution in [0.25, 0.3) is 107 Å². The van der Waals surface area contributed by atoms with Crippen LogP contribution in [-0.4, -0.2) is 0 Å². The lowest BCUT2D eigenvalue weighted by atomic mass is 9.84. The summed E-state index contributed by atoms with van der Waals surface area (Å²) in [7, 11) is 0. The maximum absolute atomic E-state index is 2.43. The Morgan fingerprint density at radius 1 is 0.294 bits per heavy atom. The number of hydrogen-bond donors (Lipinski definition) is 0. The molecule has 1 heterocycles. The largest absolute Gasteiger partial charge is 0.134 e. The van der Waals surface area contributed by atoms with Crippen LogP contribution < -0.4 is 0 Å². The van der Waals surface area contributed by atoms with Crippen LogP contribution in [0.15, 0.2) is 182 Å². The summed E-state index contributed by atoms with van der Waals surface area (Å²) in [4.78, 5) is 0. The van der Waals surface area contributed by atoms with Crippen molar-refractivity contribution in [2.45, 2.75) is 0 Å². The summed E-state index contributed by atoms with van der Waals surface area (Å²) in [5.74, 6) is 0. The number of hydrogen-bond acceptors (Lipinski definition) is 1. The van der Waals surface area contributed by atoms with Gasteiger partial charge in [-0.1, -0.05) is 176 Å². The van der Waals surface area contributed by atoms with E-state index < -0.39 is 0 Å². The molecule has 51 heavy (non-hydrogen) atoms. The Bertz CT molecular complexity index is 3120. The highest BCUT2D eigenvalue weighted by molar-refractivity contribution is 7.27. The predicted molar refractivity (Wildman–Crippen MR) is 223 cm³/mol. The molecule has 0 saturated carbocycles. The van der Waals surface area contributed by atoms with E-state index in [-0.39, 0.29) is 0 Å². The van der Waals surface area contributed by atoms with Crippen molar-refractivity contribution in [3.8, 4) is 33.4 Å². The quantitative estimate of drug-likeness (QED) is 0.165. The molecule has 0 N–H and O–H groups in total. The van der Waals surface area contributed by atoms with Crippen LogP contribution in [0.4, 0.5) is 0 Å². The minimum absolute atomic E-state index is 1.23. The van der Waals surface area contributed by atoms with Crippen LogP contribution in [0.3, 0.4) is 0 Å². The average molecular weight is 663 g/mol. The standard InChI is InChI=1S/C50H30S/c1-3-15-35-31(12-1)14-11-23-38(35)48-42-21-9-7-19-40(42)47(41-20-8-10-22-43(41)48)34-26-24-33(25-27-34)45-30-46-49(39-18-6-5-17-37(39)45)44-29-28-32-13-2-4-16-36(32)50(44)51-46/h1-30H. The molecule has 0 nitrogen and oxygen atoms in total. The van der Waals surface area contributed by atoms with Gasteiger partial charge in [0.1, 0.15) is 0 Å². The Morgan fingerprint density at radius 2 is 0.804 bits per heavy atom. The normalized spacial score (nSPS) is 11.9. The second kappa shape index (κ2) is 11.1. The first-order valence-corrected chi connectivity index (χ1v) is 18.4. The van der Waals surface area contributed by atoms with Crippen molar-refractivity contribution in [2.75, 3.05) is 0 Å². The van der Waals surface area contributed by atoms with E-state index in [0.29, 0.717) is 0 Å². The van der Waals surface area contributed by atoms with E-state index in [0.717, 1.165) is 0 Å². The van der Waals surface area contributed by atoms with Gasteiger partial charge in [0.15, 0.2) is 0 Å². The van der Waals surface area contributed by atoms with E-state index in [1.54, 1.807) is 0 Å². The Balaban J connectivity index is 1.12. The Morgan fingerprint density at radius 3 is 1.49 bits per heavy atom. The highest BCUT2D eigenvalue weighted by Crippen LogP contribution is 2.47. The first-order chi connectivity index (χ1) is 25.3. The third-order valence-electron chi connectivity index (χ3n) is 10.8. The van der Waals surface area contributed by atoms with E-state index in [4.69, 9.17) is 0 Å². The van der Waals surface area contributed by atoms with E-state index in [9.17, 15) is 0 Å². The SMILES string of the molecule is c1ccc2c(-c3c4ccccc4c(-c4ccc(-c5cc6sc7c8ccccc8ccc7c6c6ccccc56)cc4)c4ccccc34)cccc2c1. The zero-order valence-electron chi connectivity index (χ0n) is 27.7. The molecule has 0 fully saturated rings. The first kappa shape index (κ1) is 28.5. The predicted octanol–water partition coefficient (Wildman–Crippen LogP) is 14.8. The molecule has 0 aliphatic rings. The lowest BCUT2D eigenvalue weighted by molar-refractivity contribution is 1.65. The van der Waals surface area contributed by atoms with Crippen LogP contribution in [-0.2, 0) is 0 Å². The molecular weight excluding hydrogens is 633 g/mol. The third kappa shape index (κ3) is 4.26. The molecule has 0 aliphatic carbocycles. The van der Waals surface area contributed by atoms with E-state index >= 15 is 0 Å². The number of fused-ring (bicyclic) bond motifs is 10. The molecule has 0 bridgehead atoms. The number of benzene rings is 10. The van der Waals surface area contributed by atoms with Gasteiger partial charge in [-0.05, 0) is 93.3 Å². The lowest BCUT2D eigenvalue weighted by Crippen LogP contribution is -1.91. The molecule has 0 aliphatic heterocycles. The fraction of sp³-hybridized carbons (Fsp3) is 0. The summed E-state index contributed by atoms with van der Waals surface area (Å²) in [6, 6.07) is 67.4. The van der Waals surface area contributed by atoms with Gasteiger partial charge in [-0.2, -0.15) is 0 Å². The first-order valence-electron chi connectivity index (χ1n) is 17.6. The van der Waals surface area contributed by atoms with Crippen LogP contribution in [0, 0.1) is 0 Å². The molecule has 11 aromatic rings. The van der Waals surface area contributed by atoms with Crippen LogP contribution >= 0.6 is 11.3 Å². The summed E-state index contributed by atoms with van der Waals surface area (Å²) in [6.45, 7) is 0. The highest BCUT2D eigenvalue weighted by Gasteiger charge is 2.19. The number of rotatable bonds is 3. The fourth-order valence-electron chi connectivity index (χ4n) is 8.60. The Hall–Kier alpha value is -6.28. The van der Waals surface area contributed by atoms with Gasteiger partial charge in [0.25, 0.3) is 0 Å². The van der Waals surface area contributed by atoms with Gasteiger partial charge in [-0.15, -0.1) is 11.3 Å². The second-order valence-electron chi connectivity index (χ2n) is 13.6. The minimum Gasteiger partial charge on any atom is -0.134 e. The van der Waals surface area contributed by atoms with Crippen molar-refractivity contribution >= 4 is 85.4 Å². The molecule has 0 atom stereocenters. The van der Waals surface area contributed by atoms with Crippen molar-refractivity contribution in [3.63, 3.8) is 0 Å². The summed E-state index contributed by atoms with van der Waals surface area (Å²) < 4.78 is 2.70. The summed E-state index contributed by atoms with van der Waals surface area (Å²) >= 11 is 1.92. The molecule has 1 aromatic heterocycles. The fourth-order valence-corrected chi connectivity index (χ4v) is 9.89.